The van der Waals surface area contributed by atoms with Crippen LogP contribution in [0.5, 0.6) is 0 Å². The molecule has 24 heavy (non-hydrogen) atoms. The zero-order valence-corrected chi connectivity index (χ0v) is 14.8. The van der Waals surface area contributed by atoms with E-state index in [0.717, 1.165) is 26.1 Å². The number of nitrogens with one attached hydrogen (secondary N) is 2. The van der Waals surface area contributed by atoms with Gasteiger partial charge in [0.15, 0.2) is 0 Å². The summed E-state index contributed by atoms with van der Waals surface area (Å²) >= 11 is 0. The lowest BCUT2D eigenvalue weighted by atomic mass is 10.1. The lowest BCUT2D eigenvalue weighted by molar-refractivity contribution is -0.124. The molecule has 1 aromatic carbocycles. The molecule has 0 bridgehead atoms. The highest BCUT2D eigenvalue weighted by atomic mass is 35.5. The number of hydrogen-bond donors (Lipinski definition) is 2. The topological polar surface area (TPSA) is 44.4 Å². The number of carbonyl (C=O) groups is 1. The summed E-state index contributed by atoms with van der Waals surface area (Å²) in [4.78, 5) is 14.3. The monoisotopic (exact) mass is 381 g/mol. The molecule has 2 N–H and O–H groups in total. The fourth-order valence-electron chi connectivity index (χ4n) is 3.14. The number of alkyl halides is 2. The molecule has 2 fully saturated rings. The number of benzene rings is 1. The first-order valence-corrected chi connectivity index (χ1v) is 7.70. The van der Waals surface area contributed by atoms with Gasteiger partial charge in [-0.1, -0.05) is 30.3 Å². The molecule has 2 saturated heterocycles. The predicted molar refractivity (Wildman–Crippen MR) is 94.1 cm³/mol. The van der Waals surface area contributed by atoms with Crippen LogP contribution in [0.2, 0.25) is 0 Å². The summed E-state index contributed by atoms with van der Waals surface area (Å²) in [7, 11) is 0. The van der Waals surface area contributed by atoms with Crippen molar-refractivity contribution in [2.45, 2.75) is 37.4 Å². The maximum absolute atomic E-state index is 13.1. The number of likely N-dealkylation sites (tertiary alicyclic amines) is 1. The van der Waals surface area contributed by atoms with E-state index in [2.05, 4.69) is 27.7 Å². The number of carbonyl (C=O) groups excluding carboxylic acids is 1. The molecule has 2 aliphatic rings. The van der Waals surface area contributed by atoms with Crippen molar-refractivity contribution in [3.63, 3.8) is 0 Å². The average molecular weight is 382 g/mol. The number of nitrogens with zero attached hydrogens (tertiary/aromatic N) is 1. The van der Waals surface area contributed by atoms with Crippen LogP contribution < -0.4 is 10.6 Å². The summed E-state index contributed by atoms with van der Waals surface area (Å²) in [5.41, 5.74) is 1.24. The van der Waals surface area contributed by atoms with E-state index in [1.807, 2.05) is 18.2 Å². The van der Waals surface area contributed by atoms with E-state index in [1.165, 1.54) is 5.56 Å². The Kier molecular flexibility index (Phi) is 7.86. The molecular weight excluding hydrogens is 359 g/mol. The summed E-state index contributed by atoms with van der Waals surface area (Å²) in [6, 6.07) is 9.45. The van der Waals surface area contributed by atoms with Crippen LogP contribution in [0.4, 0.5) is 8.78 Å². The van der Waals surface area contributed by atoms with E-state index >= 15 is 0 Å². The molecule has 0 spiro atoms. The Labute approximate surface area is 153 Å². The Morgan fingerprint density at radius 2 is 2.00 bits per heavy atom. The van der Waals surface area contributed by atoms with Crippen LogP contribution in [-0.2, 0) is 11.3 Å². The van der Waals surface area contributed by atoms with Gasteiger partial charge in [-0.3, -0.25) is 15.0 Å². The standard InChI is InChI=1S/C16H21F2N3O.2ClH/c17-16(18)8-14(19-11-16)15(22)20-13-6-7-21(10-13)9-12-4-2-1-3-5-12;;/h1-5,13-14,19H,6-11H2,(H,20,22);2*1H. The molecule has 3 rings (SSSR count). The third kappa shape index (κ3) is 5.55. The Morgan fingerprint density at radius 3 is 2.62 bits per heavy atom. The summed E-state index contributed by atoms with van der Waals surface area (Å²) in [6.07, 6.45) is 0.459. The molecule has 0 saturated carbocycles. The van der Waals surface area contributed by atoms with Gasteiger partial charge in [0.2, 0.25) is 5.91 Å². The van der Waals surface area contributed by atoms with Crippen molar-refractivity contribution >= 4 is 30.7 Å². The molecule has 0 aromatic heterocycles. The Morgan fingerprint density at radius 1 is 1.29 bits per heavy atom. The molecule has 0 aliphatic carbocycles. The SMILES string of the molecule is Cl.Cl.O=C(NC1CCN(Cc2ccccc2)C1)C1CC(F)(F)CN1. The van der Waals surface area contributed by atoms with Crippen molar-refractivity contribution in [1.29, 1.82) is 0 Å². The second-order valence-corrected chi connectivity index (χ2v) is 6.21. The van der Waals surface area contributed by atoms with E-state index in [-0.39, 0.29) is 36.8 Å². The van der Waals surface area contributed by atoms with Crippen molar-refractivity contribution in [3.8, 4) is 0 Å². The number of rotatable bonds is 4. The highest BCUT2D eigenvalue weighted by Gasteiger charge is 2.42. The molecule has 2 unspecified atom stereocenters. The number of amides is 1. The van der Waals surface area contributed by atoms with Crippen LogP contribution in [0.3, 0.4) is 0 Å². The molecule has 2 aliphatic heterocycles. The van der Waals surface area contributed by atoms with E-state index in [9.17, 15) is 13.6 Å². The van der Waals surface area contributed by atoms with Gasteiger partial charge >= 0.3 is 0 Å². The van der Waals surface area contributed by atoms with Crippen molar-refractivity contribution in [3.05, 3.63) is 35.9 Å². The smallest absolute Gasteiger partial charge is 0.262 e. The largest absolute Gasteiger partial charge is 0.351 e. The summed E-state index contributed by atoms with van der Waals surface area (Å²) in [5.74, 6) is -3.07. The third-order valence-electron chi connectivity index (χ3n) is 4.29. The fourth-order valence-corrected chi connectivity index (χ4v) is 3.14. The minimum atomic E-state index is -2.77. The van der Waals surface area contributed by atoms with Crippen LogP contribution in [0.1, 0.15) is 18.4 Å². The van der Waals surface area contributed by atoms with E-state index in [0.29, 0.717) is 0 Å². The molecule has 2 heterocycles. The van der Waals surface area contributed by atoms with E-state index in [1.54, 1.807) is 0 Å². The zero-order valence-electron chi connectivity index (χ0n) is 13.2. The fraction of sp³-hybridized carbons (Fsp3) is 0.562. The summed E-state index contributed by atoms with van der Waals surface area (Å²) in [6.45, 7) is 2.13. The van der Waals surface area contributed by atoms with Crippen molar-refractivity contribution in [2.75, 3.05) is 19.6 Å². The summed E-state index contributed by atoms with van der Waals surface area (Å²) in [5, 5.41) is 5.49. The van der Waals surface area contributed by atoms with Gasteiger partial charge in [0.05, 0.1) is 12.6 Å². The Hall–Kier alpha value is -0.950. The highest BCUT2D eigenvalue weighted by molar-refractivity contribution is 5.85. The van der Waals surface area contributed by atoms with Gasteiger partial charge in [0.1, 0.15) is 0 Å². The lowest BCUT2D eigenvalue weighted by Crippen LogP contribution is -2.46. The number of hydrogen-bond acceptors (Lipinski definition) is 3. The summed E-state index contributed by atoms with van der Waals surface area (Å²) < 4.78 is 26.2. The van der Waals surface area contributed by atoms with E-state index < -0.39 is 24.9 Å². The van der Waals surface area contributed by atoms with Gasteiger partial charge in [-0.15, -0.1) is 24.8 Å². The predicted octanol–water partition coefficient (Wildman–Crippen LogP) is 2.22. The molecule has 0 radical (unpaired) electrons. The highest BCUT2D eigenvalue weighted by Crippen LogP contribution is 2.25. The molecule has 4 nitrogen and oxygen atoms in total. The zero-order chi connectivity index (χ0) is 15.6. The second-order valence-electron chi connectivity index (χ2n) is 6.21. The molecule has 1 amide bonds. The minimum Gasteiger partial charge on any atom is -0.351 e. The molecule has 2 atom stereocenters. The first kappa shape index (κ1) is 21.1. The Balaban J connectivity index is 0.00000144. The second kappa shape index (κ2) is 8.94. The van der Waals surface area contributed by atoms with E-state index in [4.69, 9.17) is 0 Å². The van der Waals surface area contributed by atoms with Crippen molar-refractivity contribution in [2.24, 2.45) is 0 Å². The van der Waals surface area contributed by atoms with Gasteiger partial charge in [0.25, 0.3) is 5.92 Å². The average Bonchev–Trinajstić information content (AvgIpc) is 3.06. The molecular formula is C16H23Cl2F2N3O. The van der Waals surface area contributed by atoms with Crippen molar-refractivity contribution in [1.82, 2.24) is 15.5 Å². The maximum atomic E-state index is 13.1. The van der Waals surface area contributed by atoms with Crippen LogP contribution >= 0.6 is 24.8 Å². The van der Waals surface area contributed by atoms with Crippen molar-refractivity contribution < 1.29 is 13.6 Å². The van der Waals surface area contributed by atoms with Gasteiger partial charge in [-0.25, -0.2) is 8.78 Å². The van der Waals surface area contributed by atoms with Gasteiger partial charge in [-0.05, 0) is 12.0 Å². The maximum Gasteiger partial charge on any atom is 0.262 e. The quantitative estimate of drug-likeness (QED) is 0.840. The number of halogens is 4. The van der Waals surface area contributed by atoms with Gasteiger partial charge in [-0.2, -0.15) is 0 Å². The van der Waals surface area contributed by atoms with Gasteiger partial charge < -0.3 is 5.32 Å². The first-order valence-electron chi connectivity index (χ1n) is 7.70. The van der Waals surface area contributed by atoms with Gasteiger partial charge in [0, 0.05) is 32.1 Å². The van der Waals surface area contributed by atoms with Crippen LogP contribution in [-0.4, -0.2) is 48.4 Å². The molecule has 136 valence electrons. The van der Waals surface area contributed by atoms with Crippen LogP contribution in [0.25, 0.3) is 0 Å². The Bertz CT molecular complexity index is 533. The lowest BCUT2D eigenvalue weighted by Gasteiger charge is -2.18. The molecule has 8 heteroatoms. The first-order chi connectivity index (χ1) is 10.5. The van der Waals surface area contributed by atoms with Crippen LogP contribution in [0.15, 0.2) is 30.3 Å². The molecule has 1 aromatic rings. The third-order valence-corrected chi connectivity index (χ3v) is 4.29. The van der Waals surface area contributed by atoms with Crippen LogP contribution in [0, 0.1) is 0 Å². The minimum absolute atomic E-state index is 0. The normalized spacial score (nSPS) is 25.6.